The van der Waals surface area contributed by atoms with Crippen molar-refractivity contribution in [3.63, 3.8) is 0 Å². The molecule has 3 heteroatoms. The molecular formula is C21H23ClO2. The Morgan fingerprint density at radius 1 is 0.917 bits per heavy atom. The number of carbonyl (C=O) groups is 1. The zero-order valence-electron chi connectivity index (χ0n) is 13.8. The molecule has 0 radical (unpaired) electrons. The monoisotopic (exact) mass is 342 g/mol. The molecule has 2 nitrogen and oxygen atoms in total. The van der Waals surface area contributed by atoms with Gasteiger partial charge in [-0.1, -0.05) is 49.2 Å². The van der Waals surface area contributed by atoms with Crippen molar-refractivity contribution in [2.45, 2.75) is 25.7 Å². The van der Waals surface area contributed by atoms with Crippen molar-refractivity contribution in [1.29, 1.82) is 0 Å². The van der Waals surface area contributed by atoms with E-state index in [4.69, 9.17) is 16.3 Å². The van der Waals surface area contributed by atoms with Crippen LogP contribution in [0.4, 0.5) is 0 Å². The minimum Gasteiger partial charge on any atom is -0.494 e. The Kier molecular flexibility index (Phi) is 8.12. The number of allylic oxidation sites excluding steroid dienone is 1. The highest BCUT2D eigenvalue weighted by molar-refractivity contribution is 6.17. The Balaban J connectivity index is 1.78. The first-order chi connectivity index (χ1) is 11.8. The maximum Gasteiger partial charge on any atom is 0.185 e. The van der Waals surface area contributed by atoms with Gasteiger partial charge in [0, 0.05) is 11.4 Å². The van der Waals surface area contributed by atoms with Crippen LogP contribution in [0.5, 0.6) is 5.75 Å². The van der Waals surface area contributed by atoms with Gasteiger partial charge in [-0.2, -0.15) is 0 Å². The Labute approximate surface area is 149 Å². The van der Waals surface area contributed by atoms with E-state index in [1.54, 1.807) is 18.2 Å². The van der Waals surface area contributed by atoms with Gasteiger partial charge in [0.1, 0.15) is 5.75 Å². The molecule has 0 N–H and O–H groups in total. The van der Waals surface area contributed by atoms with E-state index >= 15 is 0 Å². The van der Waals surface area contributed by atoms with Crippen molar-refractivity contribution in [2.24, 2.45) is 0 Å². The molecule has 0 bridgehead atoms. The Bertz CT molecular complexity index is 633. The fraction of sp³-hybridized carbons (Fsp3) is 0.286. The lowest BCUT2D eigenvalue weighted by Gasteiger charge is -2.06. The van der Waals surface area contributed by atoms with Crippen LogP contribution in [0.3, 0.4) is 0 Å². The fourth-order valence-corrected chi connectivity index (χ4v) is 2.48. The van der Waals surface area contributed by atoms with Gasteiger partial charge in [-0.3, -0.25) is 4.79 Å². The van der Waals surface area contributed by atoms with Gasteiger partial charge in [0.15, 0.2) is 5.78 Å². The molecule has 24 heavy (non-hydrogen) atoms. The number of ketones is 1. The van der Waals surface area contributed by atoms with E-state index in [1.165, 1.54) is 0 Å². The first kappa shape index (κ1) is 18.3. The molecule has 0 aliphatic carbocycles. The molecule has 0 atom stereocenters. The lowest BCUT2D eigenvalue weighted by molar-refractivity contribution is 0.104. The maximum absolute atomic E-state index is 12.2. The molecular weight excluding hydrogens is 320 g/mol. The van der Waals surface area contributed by atoms with Crippen molar-refractivity contribution in [2.75, 3.05) is 12.5 Å². The van der Waals surface area contributed by atoms with Crippen LogP contribution < -0.4 is 4.74 Å². The van der Waals surface area contributed by atoms with Crippen molar-refractivity contribution in [1.82, 2.24) is 0 Å². The third-order valence-corrected chi connectivity index (χ3v) is 3.93. The molecule has 0 aliphatic rings. The second-order valence-electron chi connectivity index (χ2n) is 5.58. The molecule has 2 aromatic rings. The summed E-state index contributed by atoms with van der Waals surface area (Å²) < 4.78 is 5.69. The number of alkyl halides is 1. The number of unbranched alkanes of at least 4 members (excludes halogenated alkanes) is 3. The summed E-state index contributed by atoms with van der Waals surface area (Å²) in [6.07, 6.45) is 7.80. The number of ether oxygens (including phenoxy) is 1. The van der Waals surface area contributed by atoms with Gasteiger partial charge in [0.25, 0.3) is 0 Å². The zero-order chi connectivity index (χ0) is 17.0. The van der Waals surface area contributed by atoms with Crippen molar-refractivity contribution in [3.05, 3.63) is 71.8 Å². The number of halogens is 1. The number of rotatable bonds is 10. The molecule has 0 unspecified atom stereocenters. The van der Waals surface area contributed by atoms with Gasteiger partial charge in [-0.05, 0) is 48.7 Å². The van der Waals surface area contributed by atoms with E-state index in [9.17, 15) is 4.79 Å². The quantitative estimate of drug-likeness (QED) is 0.237. The molecule has 0 saturated heterocycles. The summed E-state index contributed by atoms with van der Waals surface area (Å²) in [6.45, 7) is 0.698. The molecule has 0 saturated carbocycles. The second-order valence-corrected chi connectivity index (χ2v) is 5.96. The Morgan fingerprint density at radius 2 is 1.62 bits per heavy atom. The van der Waals surface area contributed by atoms with Crippen LogP contribution in [-0.2, 0) is 0 Å². The van der Waals surface area contributed by atoms with E-state index in [-0.39, 0.29) is 5.78 Å². The van der Waals surface area contributed by atoms with E-state index in [1.807, 2.05) is 48.5 Å². The number of hydrogen-bond acceptors (Lipinski definition) is 2. The lowest BCUT2D eigenvalue weighted by Crippen LogP contribution is -1.99. The van der Waals surface area contributed by atoms with Gasteiger partial charge in [-0.15, -0.1) is 11.6 Å². The summed E-state index contributed by atoms with van der Waals surface area (Å²) in [5.74, 6) is 1.53. The predicted molar refractivity (Wildman–Crippen MR) is 101 cm³/mol. The Morgan fingerprint density at radius 3 is 2.33 bits per heavy atom. The minimum absolute atomic E-state index is 0.00789. The first-order valence-electron chi connectivity index (χ1n) is 8.36. The zero-order valence-corrected chi connectivity index (χ0v) is 14.5. The molecule has 0 amide bonds. The molecule has 2 aromatic carbocycles. The average Bonchev–Trinajstić information content (AvgIpc) is 2.64. The van der Waals surface area contributed by atoms with Crippen LogP contribution in [-0.4, -0.2) is 18.3 Å². The molecule has 0 heterocycles. The third kappa shape index (κ3) is 6.59. The van der Waals surface area contributed by atoms with Crippen LogP contribution in [0.25, 0.3) is 6.08 Å². The fourth-order valence-electron chi connectivity index (χ4n) is 2.29. The largest absolute Gasteiger partial charge is 0.494 e. The van der Waals surface area contributed by atoms with E-state index in [2.05, 4.69) is 0 Å². The summed E-state index contributed by atoms with van der Waals surface area (Å²) in [4.78, 5) is 12.2. The van der Waals surface area contributed by atoms with E-state index in [0.29, 0.717) is 12.2 Å². The summed E-state index contributed by atoms with van der Waals surface area (Å²) >= 11 is 5.64. The number of hydrogen-bond donors (Lipinski definition) is 0. The van der Waals surface area contributed by atoms with Crippen molar-refractivity contribution < 1.29 is 9.53 Å². The smallest absolute Gasteiger partial charge is 0.185 e. The SMILES string of the molecule is O=C(C=Cc1ccccc1)c1ccc(OCCCCCCCl)cc1. The third-order valence-electron chi connectivity index (χ3n) is 3.66. The van der Waals surface area contributed by atoms with Gasteiger partial charge < -0.3 is 4.74 Å². The maximum atomic E-state index is 12.2. The second kappa shape index (κ2) is 10.7. The van der Waals surface area contributed by atoms with Gasteiger partial charge in [0.05, 0.1) is 6.61 Å². The molecule has 0 spiro atoms. The number of benzene rings is 2. The highest BCUT2D eigenvalue weighted by atomic mass is 35.5. The number of carbonyl (C=O) groups excluding carboxylic acids is 1. The van der Waals surface area contributed by atoms with Crippen LogP contribution in [0.15, 0.2) is 60.7 Å². The van der Waals surface area contributed by atoms with Crippen molar-refractivity contribution in [3.8, 4) is 5.75 Å². The summed E-state index contributed by atoms with van der Waals surface area (Å²) in [6, 6.07) is 17.1. The van der Waals surface area contributed by atoms with Crippen LogP contribution in [0.1, 0.15) is 41.6 Å². The molecule has 0 aliphatic heterocycles. The average molecular weight is 343 g/mol. The van der Waals surface area contributed by atoms with Gasteiger partial charge in [-0.25, -0.2) is 0 Å². The molecule has 2 rings (SSSR count). The van der Waals surface area contributed by atoms with Crippen LogP contribution in [0.2, 0.25) is 0 Å². The summed E-state index contributed by atoms with van der Waals surface area (Å²) in [7, 11) is 0. The topological polar surface area (TPSA) is 26.3 Å². The summed E-state index contributed by atoms with van der Waals surface area (Å²) in [5.41, 5.74) is 1.68. The highest BCUT2D eigenvalue weighted by Crippen LogP contribution is 2.14. The summed E-state index contributed by atoms with van der Waals surface area (Å²) in [5, 5.41) is 0. The van der Waals surface area contributed by atoms with Gasteiger partial charge in [0.2, 0.25) is 0 Å². The Hall–Kier alpha value is -2.06. The van der Waals surface area contributed by atoms with Crippen LogP contribution >= 0.6 is 11.6 Å². The molecule has 0 aromatic heterocycles. The molecule has 0 fully saturated rings. The standard InChI is InChI=1S/C21H23ClO2/c22-16-6-1-2-7-17-24-20-13-11-19(12-14-20)21(23)15-10-18-8-4-3-5-9-18/h3-5,8-15H,1-2,6-7,16-17H2. The lowest BCUT2D eigenvalue weighted by atomic mass is 10.1. The van der Waals surface area contributed by atoms with Gasteiger partial charge >= 0.3 is 0 Å². The predicted octanol–water partition coefficient (Wildman–Crippen LogP) is 5.76. The normalized spacial score (nSPS) is 10.9. The highest BCUT2D eigenvalue weighted by Gasteiger charge is 2.02. The van der Waals surface area contributed by atoms with E-state index < -0.39 is 0 Å². The first-order valence-corrected chi connectivity index (χ1v) is 8.89. The minimum atomic E-state index is -0.00789. The molecule has 126 valence electrons. The van der Waals surface area contributed by atoms with Crippen molar-refractivity contribution >= 4 is 23.5 Å². The van der Waals surface area contributed by atoms with Crippen LogP contribution in [0, 0.1) is 0 Å². The van der Waals surface area contributed by atoms with E-state index in [0.717, 1.165) is 42.9 Å².